The molecule has 0 bridgehead atoms. The van der Waals surface area contributed by atoms with E-state index in [1.54, 1.807) is 30.3 Å². The summed E-state index contributed by atoms with van der Waals surface area (Å²) in [4.78, 5) is 0. The highest BCUT2D eigenvalue weighted by atomic mass is 19.1. The van der Waals surface area contributed by atoms with Crippen LogP contribution in [0.5, 0.6) is 5.75 Å². The maximum absolute atomic E-state index is 13.4. The highest BCUT2D eigenvalue weighted by Crippen LogP contribution is 2.42. The van der Waals surface area contributed by atoms with Gasteiger partial charge in [0.15, 0.2) is 0 Å². The molecule has 0 heterocycles. The standard InChI is InChI=1S/C22H14F2O/c23-16-9-5-14(6-10-16)20-13-21(25)18-3-1-2-4-19(18)22(20)15-7-11-17(24)12-8-15/h1-13,25H. The Morgan fingerprint density at radius 3 is 1.72 bits per heavy atom. The number of benzene rings is 4. The average molecular weight is 332 g/mol. The fourth-order valence-corrected chi connectivity index (χ4v) is 3.14. The van der Waals surface area contributed by atoms with Crippen molar-refractivity contribution in [1.82, 2.24) is 0 Å². The maximum atomic E-state index is 13.4. The predicted octanol–water partition coefficient (Wildman–Crippen LogP) is 6.16. The van der Waals surface area contributed by atoms with Crippen LogP contribution in [0.25, 0.3) is 33.0 Å². The third kappa shape index (κ3) is 2.74. The molecule has 0 aromatic heterocycles. The van der Waals surface area contributed by atoms with Crippen LogP contribution >= 0.6 is 0 Å². The topological polar surface area (TPSA) is 20.2 Å². The molecule has 1 nitrogen and oxygen atoms in total. The fraction of sp³-hybridized carbons (Fsp3) is 0. The normalized spacial score (nSPS) is 11.0. The molecule has 0 unspecified atom stereocenters. The van der Waals surface area contributed by atoms with Gasteiger partial charge in [0.1, 0.15) is 17.4 Å². The second-order valence-electron chi connectivity index (χ2n) is 5.88. The highest BCUT2D eigenvalue weighted by Gasteiger charge is 2.15. The Morgan fingerprint density at radius 1 is 0.600 bits per heavy atom. The van der Waals surface area contributed by atoms with Crippen LogP contribution in [0.2, 0.25) is 0 Å². The number of fused-ring (bicyclic) bond motifs is 1. The van der Waals surface area contributed by atoms with Crippen LogP contribution < -0.4 is 0 Å². The zero-order chi connectivity index (χ0) is 17.4. The Balaban J connectivity index is 2.09. The van der Waals surface area contributed by atoms with Gasteiger partial charge in [-0.2, -0.15) is 0 Å². The van der Waals surface area contributed by atoms with E-state index in [4.69, 9.17) is 0 Å². The van der Waals surface area contributed by atoms with Crippen molar-refractivity contribution in [2.24, 2.45) is 0 Å². The first-order valence-electron chi connectivity index (χ1n) is 7.90. The summed E-state index contributed by atoms with van der Waals surface area (Å²) >= 11 is 0. The van der Waals surface area contributed by atoms with Crippen molar-refractivity contribution in [3.63, 3.8) is 0 Å². The third-order valence-electron chi connectivity index (χ3n) is 4.31. The Morgan fingerprint density at radius 2 is 1.12 bits per heavy atom. The molecular weight excluding hydrogens is 318 g/mol. The molecule has 0 saturated carbocycles. The number of aromatic hydroxyl groups is 1. The molecular formula is C22H14F2O. The summed E-state index contributed by atoms with van der Waals surface area (Å²) in [5.41, 5.74) is 3.25. The van der Waals surface area contributed by atoms with Crippen molar-refractivity contribution < 1.29 is 13.9 Å². The number of halogens is 2. The lowest BCUT2D eigenvalue weighted by molar-refractivity contribution is 0.482. The molecule has 0 amide bonds. The van der Waals surface area contributed by atoms with Crippen LogP contribution in [0.15, 0.2) is 78.9 Å². The van der Waals surface area contributed by atoms with Gasteiger partial charge in [-0.25, -0.2) is 8.78 Å². The summed E-state index contributed by atoms with van der Waals surface area (Å²) in [6.45, 7) is 0. The van der Waals surface area contributed by atoms with E-state index < -0.39 is 0 Å². The van der Waals surface area contributed by atoms with Gasteiger partial charge in [0.05, 0.1) is 0 Å². The van der Waals surface area contributed by atoms with Crippen molar-refractivity contribution in [3.8, 4) is 28.0 Å². The van der Waals surface area contributed by atoms with Gasteiger partial charge in [0.2, 0.25) is 0 Å². The van der Waals surface area contributed by atoms with E-state index >= 15 is 0 Å². The van der Waals surface area contributed by atoms with Gasteiger partial charge >= 0.3 is 0 Å². The van der Waals surface area contributed by atoms with E-state index in [1.165, 1.54) is 24.3 Å². The lowest BCUT2D eigenvalue weighted by Gasteiger charge is -2.15. The first-order valence-corrected chi connectivity index (χ1v) is 7.90. The van der Waals surface area contributed by atoms with Crippen LogP contribution in [0.4, 0.5) is 8.78 Å². The lowest BCUT2D eigenvalue weighted by atomic mass is 9.89. The number of phenols is 1. The van der Waals surface area contributed by atoms with Gasteiger partial charge in [-0.1, -0.05) is 48.5 Å². The van der Waals surface area contributed by atoms with Crippen LogP contribution in [0.3, 0.4) is 0 Å². The molecule has 25 heavy (non-hydrogen) atoms. The molecule has 0 fully saturated rings. The second-order valence-corrected chi connectivity index (χ2v) is 5.88. The van der Waals surface area contributed by atoms with E-state index in [0.29, 0.717) is 5.39 Å². The molecule has 4 rings (SSSR count). The molecule has 0 radical (unpaired) electrons. The van der Waals surface area contributed by atoms with E-state index in [0.717, 1.165) is 27.6 Å². The Hall–Kier alpha value is -3.20. The quantitative estimate of drug-likeness (QED) is 0.466. The molecule has 0 aliphatic carbocycles. The first kappa shape index (κ1) is 15.3. The number of hydrogen-bond donors (Lipinski definition) is 1. The van der Waals surface area contributed by atoms with Gasteiger partial charge in [-0.3, -0.25) is 0 Å². The van der Waals surface area contributed by atoms with Crippen molar-refractivity contribution in [3.05, 3.63) is 90.5 Å². The van der Waals surface area contributed by atoms with Crippen molar-refractivity contribution >= 4 is 10.8 Å². The van der Waals surface area contributed by atoms with E-state index in [1.807, 2.05) is 24.3 Å². The van der Waals surface area contributed by atoms with Crippen LogP contribution in [-0.4, -0.2) is 5.11 Å². The number of phenolic OH excluding ortho intramolecular Hbond substituents is 1. The second kappa shape index (κ2) is 6.02. The molecule has 0 aliphatic heterocycles. The third-order valence-corrected chi connectivity index (χ3v) is 4.31. The fourth-order valence-electron chi connectivity index (χ4n) is 3.14. The van der Waals surface area contributed by atoms with Gasteiger partial charge in [-0.05, 0) is 58.0 Å². The van der Waals surface area contributed by atoms with E-state index in [9.17, 15) is 13.9 Å². The molecule has 4 aromatic carbocycles. The first-order chi connectivity index (χ1) is 12.1. The zero-order valence-electron chi connectivity index (χ0n) is 13.2. The lowest BCUT2D eigenvalue weighted by Crippen LogP contribution is -1.89. The van der Waals surface area contributed by atoms with Gasteiger partial charge in [0, 0.05) is 5.39 Å². The van der Waals surface area contributed by atoms with Crippen molar-refractivity contribution in [2.75, 3.05) is 0 Å². The van der Waals surface area contributed by atoms with Crippen molar-refractivity contribution in [2.45, 2.75) is 0 Å². The molecule has 0 aliphatic rings. The largest absolute Gasteiger partial charge is 0.507 e. The summed E-state index contributed by atoms with van der Waals surface area (Å²) in [7, 11) is 0. The van der Waals surface area contributed by atoms with E-state index in [2.05, 4.69) is 0 Å². The monoisotopic (exact) mass is 332 g/mol. The predicted molar refractivity (Wildman–Crippen MR) is 96.4 cm³/mol. The zero-order valence-corrected chi connectivity index (χ0v) is 13.2. The van der Waals surface area contributed by atoms with Gasteiger partial charge in [-0.15, -0.1) is 0 Å². The van der Waals surface area contributed by atoms with Gasteiger partial charge < -0.3 is 5.11 Å². The molecule has 3 heteroatoms. The highest BCUT2D eigenvalue weighted by molar-refractivity contribution is 6.06. The minimum Gasteiger partial charge on any atom is -0.507 e. The van der Waals surface area contributed by atoms with Crippen molar-refractivity contribution in [1.29, 1.82) is 0 Å². The molecule has 1 N–H and O–H groups in total. The van der Waals surface area contributed by atoms with Gasteiger partial charge in [0.25, 0.3) is 0 Å². The molecule has 4 aromatic rings. The number of rotatable bonds is 2. The summed E-state index contributed by atoms with van der Waals surface area (Å²) in [6, 6.07) is 21.5. The number of hydrogen-bond acceptors (Lipinski definition) is 1. The smallest absolute Gasteiger partial charge is 0.124 e. The van der Waals surface area contributed by atoms with E-state index in [-0.39, 0.29) is 17.4 Å². The Bertz CT molecular complexity index is 1050. The average Bonchev–Trinajstić information content (AvgIpc) is 2.63. The Labute approximate surface area is 143 Å². The maximum Gasteiger partial charge on any atom is 0.124 e. The summed E-state index contributed by atoms with van der Waals surface area (Å²) in [5.74, 6) is -0.479. The SMILES string of the molecule is Oc1cc(-c2ccc(F)cc2)c(-c2ccc(F)cc2)c2ccccc12. The molecule has 0 saturated heterocycles. The summed E-state index contributed by atoms with van der Waals surface area (Å²) < 4.78 is 26.7. The summed E-state index contributed by atoms with van der Waals surface area (Å²) in [6.07, 6.45) is 0. The molecule has 0 atom stereocenters. The minimum absolute atomic E-state index is 0.154. The summed E-state index contributed by atoms with van der Waals surface area (Å²) in [5, 5.41) is 12.0. The Kier molecular flexibility index (Phi) is 3.69. The molecule has 122 valence electrons. The van der Waals surface area contributed by atoms with Crippen LogP contribution in [-0.2, 0) is 0 Å². The molecule has 0 spiro atoms. The minimum atomic E-state index is -0.322. The van der Waals surface area contributed by atoms with Crippen LogP contribution in [0.1, 0.15) is 0 Å². The van der Waals surface area contributed by atoms with Crippen LogP contribution in [0, 0.1) is 11.6 Å².